The molecule has 3 N–H and O–H groups in total. The van der Waals surface area contributed by atoms with E-state index in [2.05, 4.69) is 39.1 Å². The van der Waals surface area contributed by atoms with Gasteiger partial charge in [-0.05, 0) is 56.0 Å². The molecule has 0 aliphatic carbocycles. The van der Waals surface area contributed by atoms with Crippen molar-refractivity contribution in [2.24, 2.45) is 0 Å². The van der Waals surface area contributed by atoms with E-state index in [1.165, 1.54) is 5.56 Å². The third-order valence-electron chi connectivity index (χ3n) is 8.92. The molecule has 2 heterocycles. The number of piperidine rings is 1. The molecule has 5 aromatic rings. The lowest BCUT2D eigenvalue weighted by Crippen LogP contribution is -2.54. The quantitative estimate of drug-likeness (QED) is 0.160. The van der Waals surface area contributed by atoms with Crippen LogP contribution in [-0.2, 0) is 6.54 Å². The van der Waals surface area contributed by atoms with Crippen LogP contribution in [0.15, 0.2) is 95.4 Å². The maximum absolute atomic E-state index is 13.7. The van der Waals surface area contributed by atoms with Gasteiger partial charge in [-0.2, -0.15) is 5.26 Å². The van der Waals surface area contributed by atoms with E-state index in [9.17, 15) is 14.9 Å². The number of aryl methyl sites for hydroxylation is 1. The molecule has 2 amide bonds. The van der Waals surface area contributed by atoms with Gasteiger partial charge < -0.3 is 20.4 Å². The second-order valence-corrected chi connectivity index (χ2v) is 12.2. The predicted octanol–water partition coefficient (Wildman–Crippen LogP) is 7.15. The molecule has 0 spiro atoms. The van der Waals surface area contributed by atoms with Gasteiger partial charge in [0.05, 0.1) is 11.6 Å². The summed E-state index contributed by atoms with van der Waals surface area (Å²) in [6.45, 7) is 6.96. The Hall–Kier alpha value is -5.39. The van der Waals surface area contributed by atoms with Gasteiger partial charge in [0.2, 0.25) is 0 Å². The van der Waals surface area contributed by atoms with E-state index >= 15 is 0 Å². The zero-order valence-electron chi connectivity index (χ0n) is 27.0. The van der Waals surface area contributed by atoms with E-state index in [4.69, 9.17) is 4.42 Å². The average Bonchev–Trinajstić information content (AvgIpc) is 3.48. The number of amides is 2. The third kappa shape index (κ3) is 6.62. The second-order valence-electron chi connectivity index (χ2n) is 12.2. The lowest BCUT2D eigenvalue weighted by molar-refractivity contribution is 0.0865. The minimum Gasteiger partial charge on any atom is -0.455 e. The molecule has 1 fully saturated rings. The molecular weight excluding hydrogens is 586 g/mol. The summed E-state index contributed by atoms with van der Waals surface area (Å²) in [7, 11) is 1.61. The van der Waals surface area contributed by atoms with Crippen LogP contribution in [0, 0.1) is 18.3 Å². The van der Waals surface area contributed by atoms with Crippen molar-refractivity contribution in [2.45, 2.75) is 38.8 Å². The number of furan rings is 1. The number of carbonyl (C=O) groups excluding carboxylic acids is 2. The van der Waals surface area contributed by atoms with Crippen molar-refractivity contribution in [3.8, 4) is 28.5 Å². The summed E-state index contributed by atoms with van der Waals surface area (Å²) in [4.78, 5) is 29.2. The average molecular weight is 626 g/mol. The van der Waals surface area contributed by atoms with Gasteiger partial charge >= 0.3 is 0 Å². The van der Waals surface area contributed by atoms with Crippen molar-refractivity contribution in [3.63, 3.8) is 0 Å². The van der Waals surface area contributed by atoms with E-state index < -0.39 is 5.54 Å². The Labute approximate surface area is 275 Å². The van der Waals surface area contributed by atoms with E-state index in [0.29, 0.717) is 47.2 Å². The van der Waals surface area contributed by atoms with E-state index in [0.717, 1.165) is 47.6 Å². The topological polar surface area (TPSA) is 110 Å². The Morgan fingerprint density at radius 2 is 1.66 bits per heavy atom. The second kappa shape index (κ2) is 13.5. The Morgan fingerprint density at radius 1 is 0.915 bits per heavy atom. The van der Waals surface area contributed by atoms with Gasteiger partial charge in [-0.25, -0.2) is 0 Å². The molecule has 8 nitrogen and oxygen atoms in total. The Balaban J connectivity index is 1.30. The summed E-state index contributed by atoms with van der Waals surface area (Å²) in [6, 6.07) is 31.9. The molecule has 0 unspecified atom stereocenters. The van der Waals surface area contributed by atoms with Crippen molar-refractivity contribution >= 4 is 28.5 Å². The molecule has 1 aliphatic rings. The van der Waals surface area contributed by atoms with Crippen LogP contribution in [-0.4, -0.2) is 48.9 Å². The highest BCUT2D eigenvalue weighted by atomic mass is 16.3. The number of carbonyl (C=O) groups is 2. The number of nitriles is 1. The van der Waals surface area contributed by atoms with E-state index in [1.807, 2.05) is 86.6 Å². The van der Waals surface area contributed by atoms with Crippen LogP contribution in [0.2, 0.25) is 0 Å². The van der Waals surface area contributed by atoms with Crippen molar-refractivity contribution < 1.29 is 14.0 Å². The van der Waals surface area contributed by atoms with Crippen LogP contribution in [0.5, 0.6) is 0 Å². The van der Waals surface area contributed by atoms with E-state index in [-0.39, 0.29) is 11.8 Å². The molecule has 0 bridgehead atoms. The van der Waals surface area contributed by atoms with Gasteiger partial charge in [0.1, 0.15) is 16.9 Å². The molecule has 6 rings (SSSR count). The molecule has 1 saturated heterocycles. The third-order valence-corrected chi connectivity index (χ3v) is 8.92. The summed E-state index contributed by atoms with van der Waals surface area (Å²) in [6.07, 6.45) is 1.10. The van der Waals surface area contributed by atoms with Gasteiger partial charge in [-0.1, -0.05) is 72.3 Å². The fraction of sp³-hybridized carbons (Fsp3) is 0.256. The van der Waals surface area contributed by atoms with Crippen molar-refractivity contribution in [1.82, 2.24) is 15.5 Å². The molecule has 1 aromatic heterocycles. The minimum absolute atomic E-state index is 0.244. The van der Waals surface area contributed by atoms with Crippen LogP contribution in [0.25, 0.3) is 33.4 Å². The number of hydrogen-bond acceptors (Lipinski definition) is 6. The lowest BCUT2D eigenvalue weighted by Gasteiger charge is -2.37. The van der Waals surface area contributed by atoms with Gasteiger partial charge in [0.25, 0.3) is 11.8 Å². The zero-order valence-corrected chi connectivity index (χ0v) is 27.0. The first-order valence-corrected chi connectivity index (χ1v) is 16.1. The summed E-state index contributed by atoms with van der Waals surface area (Å²) < 4.78 is 6.34. The maximum atomic E-state index is 13.7. The molecule has 1 aliphatic heterocycles. The van der Waals surface area contributed by atoms with Crippen molar-refractivity contribution in [1.29, 1.82) is 5.26 Å². The molecule has 0 radical (unpaired) electrons. The number of rotatable bonds is 9. The number of anilines is 1. The molecule has 8 heteroatoms. The highest BCUT2D eigenvalue weighted by Crippen LogP contribution is 2.40. The lowest BCUT2D eigenvalue weighted by atomic mass is 9.88. The first-order chi connectivity index (χ1) is 22.8. The smallest absolute Gasteiger partial charge is 0.255 e. The SMILES string of the molecule is CCNc1cc2oc(-c3ccc(C)cc3)c(C(=O)NC)c2cc1-c1cccc(C(=O)NC2(C#N)CCN(Cc3ccccc3)CC2)c1. The summed E-state index contributed by atoms with van der Waals surface area (Å²) in [5.74, 6) is -0.0260. The molecule has 238 valence electrons. The highest BCUT2D eigenvalue weighted by Gasteiger charge is 2.36. The minimum atomic E-state index is -0.931. The fourth-order valence-electron chi connectivity index (χ4n) is 6.29. The molecule has 0 atom stereocenters. The number of fused-ring (bicyclic) bond motifs is 1. The molecule has 47 heavy (non-hydrogen) atoms. The van der Waals surface area contributed by atoms with E-state index in [1.54, 1.807) is 13.1 Å². The largest absolute Gasteiger partial charge is 0.455 e. The highest BCUT2D eigenvalue weighted by molar-refractivity contribution is 6.13. The number of nitrogens with zero attached hydrogens (tertiary/aromatic N) is 2. The first-order valence-electron chi connectivity index (χ1n) is 16.1. The monoisotopic (exact) mass is 625 g/mol. The first kappa shape index (κ1) is 31.6. The van der Waals surface area contributed by atoms with Crippen LogP contribution in [0.1, 0.15) is 51.6 Å². The van der Waals surface area contributed by atoms with Gasteiger partial charge in [0, 0.05) is 67.1 Å². The van der Waals surface area contributed by atoms with Crippen molar-refractivity contribution in [3.05, 3.63) is 113 Å². The van der Waals surface area contributed by atoms with Crippen LogP contribution in [0.3, 0.4) is 0 Å². The van der Waals surface area contributed by atoms with Crippen LogP contribution in [0.4, 0.5) is 5.69 Å². The summed E-state index contributed by atoms with van der Waals surface area (Å²) in [5.41, 5.74) is 6.20. The van der Waals surface area contributed by atoms with Crippen LogP contribution >= 0.6 is 0 Å². The predicted molar refractivity (Wildman–Crippen MR) is 186 cm³/mol. The number of hydrogen-bond donors (Lipinski definition) is 3. The molecular formula is C39H39N5O3. The Bertz CT molecular complexity index is 1950. The maximum Gasteiger partial charge on any atom is 0.255 e. The Kier molecular flexibility index (Phi) is 9.10. The van der Waals surface area contributed by atoms with Crippen LogP contribution < -0.4 is 16.0 Å². The molecule has 4 aromatic carbocycles. The fourth-order valence-corrected chi connectivity index (χ4v) is 6.29. The standard InChI is InChI=1S/C39H39N5O3/c1-4-42-33-23-34-32(35(38(46)41-3)36(47-34)28-15-13-26(2)14-16-28)22-31(33)29-11-8-12-30(21-29)37(45)43-39(25-40)17-19-44(20-18-39)24-27-9-6-5-7-10-27/h5-16,21-23,42H,4,17-20,24H2,1-3H3,(H,41,46)(H,43,45). The normalized spacial score (nSPS) is 14.3. The zero-order chi connectivity index (χ0) is 33.0. The molecule has 0 saturated carbocycles. The van der Waals surface area contributed by atoms with Gasteiger partial charge in [-0.3, -0.25) is 14.5 Å². The number of benzene rings is 4. The summed E-state index contributed by atoms with van der Waals surface area (Å²) >= 11 is 0. The number of likely N-dealkylation sites (tertiary alicyclic amines) is 1. The van der Waals surface area contributed by atoms with Gasteiger partial charge in [0.15, 0.2) is 0 Å². The van der Waals surface area contributed by atoms with Crippen molar-refractivity contribution in [2.75, 3.05) is 32.0 Å². The van der Waals surface area contributed by atoms with Gasteiger partial charge in [-0.15, -0.1) is 0 Å². The summed E-state index contributed by atoms with van der Waals surface area (Å²) in [5, 5.41) is 20.2. The number of nitrogens with one attached hydrogen (secondary N) is 3. The Morgan fingerprint density at radius 3 is 2.34 bits per heavy atom.